The minimum Gasteiger partial charge on any atom is -0.244 e. The molecule has 6 heteroatoms. The Kier molecular flexibility index (Phi) is 4.74. The molecule has 1 fully saturated rings. The summed E-state index contributed by atoms with van der Waals surface area (Å²) in [5.41, 5.74) is -2.52. The largest absolute Gasteiger partial charge is 0.244 e. The second kappa shape index (κ2) is 6.71. The Balaban J connectivity index is 1.98. The lowest BCUT2D eigenvalue weighted by molar-refractivity contribution is 0.120. The molecule has 0 aliphatic heterocycles. The van der Waals surface area contributed by atoms with E-state index in [9.17, 15) is 22.0 Å². The van der Waals surface area contributed by atoms with Gasteiger partial charge < -0.3 is 0 Å². The van der Waals surface area contributed by atoms with Gasteiger partial charge in [-0.05, 0) is 73.9 Å². The van der Waals surface area contributed by atoms with Crippen molar-refractivity contribution >= 4 is 0 Å². The van der Waals surface area contributed by atoms with E-state index in [0.717, 1.165) is 24.3 Å². The Morgan fingerprint density at radius 2 is 1.42 bits per heavy atom. The molecule has 0 N–H and O–H groups in total. The van der Waals surface area contributed by atoms with Crippen LogP contribution in [-0.2, 0) is 0 Å². The molecule has 0 amide bonds. The molecule has 1 nitrogen and oxygen atoms in total. The molecule has 0 unspecified atom stereocenters. The van der Waals surface area contributed by atoms with Gasteiger partial charge in [0.25, 0.3) is 0 Å². The highest BCUT2D eigenvalue weighted by atomic mass is 19.2. The van der Waals surface area contributed by atoms with E-state index in [2.05, 4.69) is 0 Å². The summed E-state index contributed by atoms with van der Waals surface area (Å²) < 4.78 is 70.5. The number of hydrogen-bond acceptors (Lipinski definition) is 1. The fourth-order valence-corrected chi connectivity index (χ4v) is 3.48. The van der Waals surface area contributed by atoms with Gasteiger partial charge in [0.2, 0.25) is 0 Å². The van der Waals surface area contributed by atoms with Gasteiger partial charge in [0.1, 0.15) is 40.6 Å². The first kappa shape index (κ1) is 18.4. The van der Waals surface area contributed by atoms with Crippen LogP contribution in [0.5, 0.6) is 0 Å². The van der Waals surface area contributed by atoms with Gasteiger partial charge in [-0.25, -0.2) is 22.0 Å². The molecule has 2 aromatic carbocycles. The number of rotatable bonds is 2. The fourth-order valence-electron chi connectivity index (χ4n) is 3.48. The van der Waals surface area contributed by atoms with Crippen LogP contribution in [0.3, 0.4) is 0 Å². The smallest absolute Gasteiger partial charge is 0.144 e. The molecule has 1 aliphatic carbocycles. The van der Waals surface area contributed by atoms with E-state index in [-0.39, 0.29) is 11.5 Å². The summed E-state index contributed by atoms with van der Waals surface area (Å²) in [6.45, 7) is 1.52. The maximum absolute atomic E-state index is 14.5. The van der Waals surface area contributed by atoms with Crippen molar-refractivity contribution < 1.29 is 22.0 Å². The molecule has 0 bridgehead atoms. The standard InChI is InChI=1S/C20H16F5N/c1-20(25)4-2-11(3-5-20)12-6-17(23)19(18(24)7-12)13-8-15(21)14(10-26)16(22)9-13/h6-9,11H,2-5H2,1H3. The fraction of sp³-hybridized carbons (Fsp3) is 0.350. The molecular formula is C20H16F5N. The summed E-state index contributed by atoms with van der Waals surface area (Å²) in [6.07, 6.45) is 1.58. The molecule has 0 radical (unpaired) electrons. The monoisotopic (exact) mass is 365 g/mol. The van der Waals surface area contributed by atoms with E-state index in [1.54, 1.807) is 0 Å². The Morgan fingerprint density at radius 1 is 0.923 bits per heavy atom. The molecule has 0 heterocycles. The molecular weight excluding hydrogens is 349 g/mol. The van der Waals surface area contributed by atoms with Gasteiger partial charge in [0.15, 0.2) is 0 Å². The van der Waals surface area contributed by atoms with Gasteiger partial charge in [0, 0.05) is 0 Å². The second-order valence-corrected chi connectivity index (χ2v) is 6.97. The van der Waals surface area contributed by atoms with Crippen molar-refractivity contribution in [1.29, 1.82) is 5.26 Å². The summed E-state index contributed by atoms with van der Waals surface area (Å²) in [5, 5.41) is 8.68. The van der Waals surface area contributed by atoms with E-state index in [1.165, 1.54) is 13.0 Å². The summed E-state index contributed by atoms with van der Waals surface area (Å²) >= 11 is 0. The van der Waals surface area contributed by atoms with Crippen molar-refractivity contribution in [2.24, 2.45) is 0 Å². The molecule has 1 aliphatic rings. The third kappa shape index (κ3) is 3.44. The summed E-state index contributed by atoms with van der Waals surface area (Å²) in [7, 11) is 0. The number of alkyl halides is 1. The predicted molar refractivity (Wildman–Crippen MR) is 87.1 cm³/mol. The lowest BCUT2D eigenvalue weighted by atomic mass is 9.77. The Hall–Kier alpha value is -2.42. The summed E-state index contributed by atoms with van der Waals surface area (Å²) in [5.74, 6) is -4.42. The van der Waals surface area contributed by atoms with Crippen molar-refractivity contribution in [3.63, 3.8) is 0 Å². The van der Waals surface area contributed by atoms with Gasteiger partial charge in [-0.1, -0.05) is 0 Å². The molecule has 3 rings (SSSR count). The molecule has 1 saturated carbocycles. The number of nitriles is 1. The van der Waals surface area contributed by atoms with Gasteiger partial charge in [-0.2, -0.15) is 5.26 Å². The van der Waals surface area contributed by atoms with Crippen molar-refractivity contribution in [2.75, 3.05) is 0 Å². The van der Waals surface area contributed by atoms with Gasteiger partial charge in [0.05, 0.1) is 5.56 Å². The van der Waals surface area contributed by atoms with Crippen LogP contribution >= 0.6 is 0 Å². The lowest BCUT2D eigenvalue weighted by Crippen LogP contribution is -2.25. The van der Waals surface area contributed by atoms with E-state index in [1.807, 2.05) is 0 Å². The molecule has 0 aromatic heterocycles. The van der Waals surface area contributed by atoms with Crippen LogP contribution in [0, 0.1) is 34.6 Å². The Morgan fingerprint density at radius 3 is 1.88 bits per heavy atom. The highest BCUT2D eigenvalue weighted by molar-refractivity contribution is 5.66. The van der Waals surface area contributed by atoms with Crippen molar-refractivity contribution in [3.8, 4) is 17.2 Å². The first-order chi connectivity index (χ1) is 12.2. The lowest BCUT2D eigenvalue weighted by Gasteiger charge is -2.31. The van der Waals surface area contributed by atoms with Gasteiger partial charge in [-0.3, -0.25) is 0 Å². The maximum atomic E-state index is 14.5. The molecule has 136 valence electrons. The SMILES string of the molecule is CC1(F)CCC(c2cc(F)c(-c3cc(F)c(C#N)c(F)c3)c(F)c2)CC1. The molecule has 26 heavy (non-hydrogen) atoms. The minimum atomic E-state index is -1.26. The van der Waals surface area contributed by atoms with Crippen LogP contribution in [0.2, 0.25) is 0 Å². The van der Waals surface area contributed by atoms with Crippen LogP contribution < -0.4 is 0 Å². The predicted octanol–water partition coefficient (Wildman–Crippen LogP) is 6.17. The van der Waals surface area contributed by atoms with E-state index in [0.29, 0.717) is 31.2 Å². The van der Waals surface area contributed by atoms with E-state index in [4.69, 9.17) is 5.26 Å². The van der Waals surface area contributed by atoms with Crippen LogP contribution in [0.15, 0.2) is 24.3 Å². The Labute approximate surface area is 148 Å². The first-order valence-electron chi connectivity index (χ1n) is 8.29. The van der Waals surface area contributed by atoms with Crippen LogP contribution in [0.25, 0.3) is 11.1 Å². The molecule has 0 atom stereocenters. The highest BCUT2D eigenvalue weighted by Crippen LogP contribution is 2.41. The zero-order valence-electron chi connectivity index (χ0n) is 14.1. The second-order valence-electron chi connectivity index (χ2n) is 6.97. The zero-order valence-corrected chi connectivity index (χ0v) is 14.1. The quantitative estimate of drug-likeness (QED) is 0.584. The number of halogens is 5. The number of nitrogens with zero attached hydrogens (tertiary/aromatic N) is 1. The summed E-state index contributed by atoms with van der Waals surface area (Å²) in [4.78, 5) is 0. The summed E-state index contributed by atoms with van der Waals surface area (Å²) in [6, 6.07) is 5.10. The van der Waals surface area contributed by atoms with Crippen LogP contribution in [-0.4, -0.2) is 5.67 Å². The van der Waals surface area contributed by atoms with Crippen molar-refractivity contribution in [3.05, 3.63) is 58.7 Å². The van der Waals surface area contributed by atoms with Crippen LogP contribution in [0.1, 0.15) is 49.7 Å². The topological polar surface area (TPSA) is 23.8 Å². The Bertz CT molecular complexity index is 842. The number of hydrogen-bond donors (Lipinski definition) is 0. The third-order valence-corrected chi connectivity index (χ3v) is 5.01. The average Bonchev–Trinajstić information content (AvgIpc) is 2.54. The normalized spacial score (nSPS) is 22.9. The third-order valence-electron chi connectivity index (χ3n) is 5.01. The average molecular weight is 365 g/mol. The molecule has 0 spiro atoms. The number of benzene rings is 2. The van der Waals surface area contributed by atoms with Crippen molar-refractivity contribution in [1.82, 2.24) is 0 Å². The van der Waals surface area contributed by atoms with E-state index >= 15 is 0 Å². The first-order valence-corrected chi connectivity index (χ1v) is 8.29. The van der Waals surface area contributed by atoms with Gasteiger partial charge >= 0.3 is 0 Å². The van der Waals surface area contributed by atoms with Gasteiger partial charge in [-0.15, -0.1) is 0 Å². The highest BCUT2D eigenvalue weighted by Gasteiger charge is 2.32. The maximum Gasteiger partial charge on any atom is 0.144 e. The van der Waals surface area contributed by atoms with Crippen LogP contribution in [0.4, 0.5) is 22.0 Å². The van der Waals surface area contributed by atoms with Crippen molar-refractivity contribution in [2.45, 2.75) is 44.2 Å². The molecule has 0 saturated heterocycles. The zero-order chi connectivity index (χ0) is 19.1. The molecule has 2 aromatic rings. The minimum absolute atomic E-state index is 0.161. The van der Waals surface area contributed by atoms with E-state index < -0.39 is 40.1 Å².